The van der Waals surface area contributed by atoms with E-state index in [9.17, 15) is 13.0 Å². The number of aromatic nitrogens is 1. The van der Waals surface area contributed by atoms with Gasteiger partial charge in [-0.1, -0.05) is 12.1 Å². The van der Waals surface area contributed by atoms with Gasteiger partial charge in [-0.15, -0.1) is 0 Å². The van der Waals surface area contributed by atoms with Crippen molar-refractivity contribution in [3.63, 3.8) is 0 Å². The predicted octanol–water partition coefficient (Wildman–Crippen LogP) is 2.14. The van der Waals surface area contributed by atoms with Crippen LogP contribution < -0.4 is 9.47 Å². The highest BCUT2D eigenvalue weighted by molar-refractivity contribution is 7.80. The summed E-state index contributed by atoms with van der Waals surface area (Å²) in [7, 11) is 0.535. The number of rotatable bonds is 6. The van der Waals surface area contributed by atoms with Crippen molar-refractivity contribution < 1.29 is 21.7 Å². The van der Waals surface area contributed by atoms with E-state index in [1.54, 1.807) is 0 Å². The van der Waals surface area contributed by atoms with Crippen LogP contribution in [0.1, 0.15) is 11.3 Å². The van der Waals surface area contributed by atoms with Crippen LogP contribution in [0.5, 0.6) is 0 Å². The fraction of sp³-hybridized carbons (Fsp3) is 0.278. The Morgan fingerprint density at radius 2 is 1.81 bits per heavy atom. The molecule has 26 heavy (non-hydrogen) atoms. The third-order valence-corrected chi connectivity index (χ3v) is 4.12. The maximum Gasteiger partial charge on any atom is 0.217 e. The Kier molecular flexibility index (Phi) is 9.36. The summed E-state index contributed by atoms with van der Waals surface area (Å²) in [5.41, 5.74) is 3.61. The lowest BCUT2D eigenvalue weighted by molar-refractivity contribution is -0.673. The molecule has 0 amide bonds. The molecule has 8 heteroatoms. The zero-order valence-corrected chi connectivity index (χ0v) is 16.8. The molecule has 0 aliphatic rings. The Balaban J connectivity index is 0.000000487. The summed E-state index contributed by atoms with van der Waals surface area (Å²) in [6.07, 6.45) is 6.32. The van der Waals surface area contributed by atoms with Gasteiger partial charge in [0, 0.05) is 43.2 Å². The lowest BCUT2D eigenvalue weighted by Crippen LogP contribution is -2.30. The second kappa shape index (κ2) is 11.0. The van der Waals surface area contributed by atoms with Crippen LogP contribution >= 0.6 is 12.6 Å². The first kappa shape index (κ1) is 22.2. The lowest BCUT2D eigenvalue weighted by Gasteiger charge is -2.17. The quantitative estimate of drug-likeness (QED) is 0.351. The van der Waals surface area contributed by atoms with Crippen molar-refractivity contribution in [1.82, 2.24) is 0 Å². The van der Waals surface area contributed by atoms with Crippen LogP contribution in [0.2, 0.25) is 0 Å². The van der Waals surface area contributed by atoms with Crippen LogP contribution in [0.15, 0.2) is 48.7 Å². The van der Waals surface area contributed by atoms with E-state index in [2.05, 4.69) is 95.1 Å². The summed E-state index contributed by atoms with van der Waals surface area (Å²) in [6.45, 7) is 0.956. The fourth-order valence-electron chi connectivity index (χ4n) is 2.01. The van der Waals surface area contributed by atoms with Crippen molar-refractivity contribution in [2.75, 3.05) is 31.4 Å². The van der Waals surface area contributed by atoms with E-state index in [0.29, 0.717) is 0 Å². The van der Waals surface area contributed by atoms with Gasteiger partial charge >= 0.3 is 0 Å². The molecule has 0 N–H and O–H groups in total. The van der Waals surface area contributed by atoms with Crippen molar-refractivity contribution in [2.24, 2.45) is 7.05 Å². The number of hydrogen-bond donors (Lipinski definition) is 1. The van der Waals surface area contributed by atoms with Crippen molar-refractivity contribution in [2.45, 2.75) is 0 Å². The first-order valence-electron chi connectivity index (χ1n) is 7.83. The number of hydrogen-bond acceptors (Lipinski definition) is 6. The predicted molar refractivity (Wildman–Crippen MR) is 107 cm³/mol. The molecule has 0 radical (unpaired) electrons. The molecule has 0 saturated heterocycles. The van der Waals surface area contributed by atoms with E-state index in [1.165, 1.54) is 16.9 Å². The molecule has 2 aromatic rings. The molecule has 0 aliphatic carbocycles. The summed E-state index contributed by atoms with van der Waals surface area (Å²) < 4.78 is 33.1. The SMILES string of the molecule is CN(CCS)c1ccc(/C=C/c2cccc[n+]2C)cc1.COS(=O)(=O)[O-]. The molecule has 0 atom stereocenters. The van der Waals surface area contributed by atoms with E-state index in [4.69, 9.17) is 0 Å². The third-order valence-electron chi connectivity index (χ3n) is 3.51. The van der Waals surface area contributed by atoms with Gasteiger partial charge in [0.2, 0.25) is 16.1 Å². The minimum Gasteiger partial charge on any atom is -0.726 e. The van der Waals surface area contributed by atoms with Crippen LogP contribution in [0.3, 0.4) is 0 Å². The van der Waals surface area contributed by atoms with Gasteiger partial charge in [0.05, 0.1) is 7.11 Å². The molecule has 0 bridgehead atoms. The minimum atomic E-state index is -4.41. The Morgan fingerprint density at radius 1 is 1.19 bits per heavy atom. The van der Waals surface area contributed by atoms with Gasteiger partial charge in [-0.05, 0) is 29.8 Å². The number of nitrogens with zero attached hydrogens (tertiary/aromatic N) is 2. The van der Waals surface area contributed by atoms with Gasteiger partial charge in [0.25, 0.3) is 0 Å². The van der Waals surface area contributed by atoms with E-state index < -0.39 is 10.4 Å². The molecule has 142 valence electrons. The van der Waals surface area contributed by atoms with Crippen LogP contribution in [0.4, 0.5) is 5.69 Å². The normalized spacial score (nSPS) is 11.1. The molecule has 0 unspecified atom stereocenters. The fourth-order valence-corrected chi connectivity index (χ4v) is 2.31. The molecule has 1 heterocycles. The summed E-state index contributed by atoms with van der Waals surface area (Å²) in [5, 5.41) is 0. The maximum atomic E-state index is 9.22. The van der Waals surface area contributed by atoms with Gasteiger partial charge in [-0.2, -0.15) is 12.6 Å². The highest BCUT2D eigenvalue weighted by Crippen LogP contribution is 2.15. The van der Waals surface area contributed by atoms with Gasteiger partial charge in [-0.25, -0.2) is 13.0 Å². The van der Waals surface area contributed by atoms with Crippen molar-refractivity contribution in [3.8, 4) is 0 Å². The van der Waals surface area contributed by atoms with Gasteiger partial charge in [-0.3, -0.25) is 4.18 Å². The van der Waals surface area contributed by atoms with Crippen LogP contribution in [0.25, 0.3) is 12.2 Å². The first-order chi connectivity index (χ1) is 12.3. The molecule has 0 aliphatic heterocycles. The number of pyridine rings is 1. The monoisotopic (exact) mass is 396 g/mol. The van der Waals surface area contributed by atoms with Crippen LogP contribution in [-0.2, 0) is 21.6 Å². The molecule has 2 rings (SSSR count). The smallest absolute Gasteiger partial charge is 0.217 e. The second-order valence-electron chi connectivity index (χ2n) is 5.38. The van der Waals surface area contributed by atoms with E-state index in [-0.39, 0.29) is 0 Å². The van der Waals surface area contributed by atoms with Crippen LogP contribution in [0, 0.1) is 0 Å². The lowest BCUT2D eigenvalue weighted by atomic mass is 10.1. The second-order valence-corrected chi connectivity index (χ2v) is 6.98. The van der Waals surface area contributed by atoms with Gasteiger partial charge in [0.15, 0.2) is 6.20 Å². The maximum absolute atomic E-state index is 9.22. The molecule has 0 saturated carbocycles. The largest absolute Gasteiger partial charge is 0.726 e. The van der Waals surface area contributed by atoms with Crippen molar-refractivity contribution >= 4 is 40.9 Å². The molecular formula is C18H24N2O4S2. The molecule has 1 aromatic heterocycles. The molecule has 0 spiro atoms. The topological polar surface area (TPSA) is 73.5 Å². The zero-order valence-electron chi connectivity index (χ0n) is 15.1. The molecule has 0 fully saturated rings. The molecule has 1 aromatic carbocycles. The number of anilines is 1. The highest BCUT2D eigenvalue weighted by atomic mass is 32.3. The minimum absolute atomic E-state index is 0.808. The number of thiol groups is 1. The third kappa shape index (κ3) is 8.48. The van der Waals surface area contributed by atoms with Crippen molar-refractivity contribution in [1.29, 1.82) is 0 Å². The highest BCUT2D eigenvalue weighted by Gasteiger charge is 2.00. The summed E-state index contributed by atoms with van der Waals surface area (Å²) >= 11 is 4.26. The number of aryl methyl sites for hydroxylation is 1. The van der Waals surface area contributed by atoms with E-state index in [1.807, 2.05) is 6.07 Å². The average Bonchev–Trinajstić information content (AvgIpc) is 2.61. The van der Waals surface area contributed by atoms with E-state index in [0.717, 1.165) is 19.4 Å². The Labute approximate surface area is 161 Å². The standard InChI is InChI=1S/C17H20N2S.CH4O4S/c1-18-12-4-3-5-16(18)9-6-15-7-10-17(11-8-15)19(2)13-14-20;1-5-6(2,3)4/h3-12H,13-14H2,1-2H3;1H3,(H,2,3,4). The van der Waals surface area contributed by atoms with Crippen molar-refractivity contribution in [3.05, 3.63) is 59.9 Å². The van der Waals surface area contributed by atoms with E-state index >= 15 is 0 Å². The summed E-state index contributed by atoms with van der Waals surface area (Å²) in [4.78, 5) is 2.21. The van der Waals surface area contributed by atoms with Gasteiger partial charge < -0.3 is 9.45 Å². The number of benzene rings is 1. The Bertz CT molecular complexity index is 806. The average molecular weight is 397 g/mol. The first-order valence-corrected chi connectivity index (χ1v) is 9.79. The summed E-state index contributed by atoms with van der Waals surface area (Å²) in [6, 6.07) is 14.8. The van der Waals surface area contributed by atoms with Crippen LogP contribution in [-0.4, -0.2) is 39.4 Å². The summed E-state index contributed by atoms with van der Waals surface area (Å²) in [5.74, 6) is 0.864. The molecular weight excluding hydrogens is 372 g/mol. The molecule has 6 nitrogen and oxygen atoms in total. The Morgan fingerprint density at radius 3 is 2.31 bits per heavy atom. The Hall–Kier alpha value is -1.87. The zero-order chi connectivity index (χ0) is 19.6. The van der Waals surface area contributed by atoms with Gasteiger partial charge in [0.1, 0.15) is 7.05 Å².